The Kier molecular flexibility index (Phi) is 31.6. The first-order valence-electron chi connectivity index (χ1n) is 36.4. The Morgan fingerprint density at radius 2 is 0.533 bits per heavy atom. The van der Waals surface area contributed by atoms with E-state index in [1.165, 1.54) is 235 Å². The third kappa shape index (κ3) is 23.6. The molecule has 0 unspecified atom stereocenters. The molecule has 8 rings (SSSR count). The van der Waals surface area contributed by atoms with Gasteiger partial charge in [-0.05, 0) is 142 Å². The zero-order valence-electron chi connectivity index (χ0n) is 56.4. The average Bonchev–Trinajstić information content (AvgIpc) is 0.773. The van der Waals surface area contributed by atoms with Crippen LogP contribution in [0.4, 0.5) is 0 Å². The number of unbranched alkanes of at least 4 members (excludes halogenated alkanes) is 26. The third-order valence-corrected chi connectivity index (χ3v) is 19.0. The predicted molar refractivity (Wildman–Crippen MR) is 389 cm³/mol. The van der Waals surface area contributed by atoms with Gasteiger partial charge in [-0.2, -0.15) is 0 Å². The maximum atomic E-state index is 6.77. The van der Waals surface area contributed by atoms with Crippen LogP contribution in [0.2, 0.25) is 0 Å². The van der Waals surface area contributed by atoms with Gasteiger partial charge >= 0.3 is 0 Å². The molecular formula is C86H114O4. The predicted octanol–water partition coefficient (Wildman–Crippen LogP) is 26.6. The lowest BCUT2D eigenvalue weighted by molar-refractivity contribution is 0.301. The van der Waals surface area contributed by atoms with Crippen molar-refractivity contribution in [2.75, 3.05) is 26.4 Å². The van der Waals surface area contributed by atoms with E-state index in [-0.39, 0.29) is 0 Å². The SMILES string of the molecule is CCCCCCC[C@H](C)c1ccc(-c2ccc(OCCCCCCCCCCCCOc3ccc4ccccc4c3-c3c(OCCCCCCCCCCCCOc4ccc(-c5ccc([C@@H](C)CCCCCCC)cc5)cc4)ccc4ccccc34)cc2)cc1. The van der Waals surface area contributed by atoms with Gasteiger partial charge in [0.05, 0.1) is 26.4 Å². The fraction of sp³-hybridized carbons (Fsp3) is 0.488. The van der Waals surface area contributed by atoms with Crippen molar-refractivity contribution in [3.63, 3.8) is 0 Å². The summed E-state index contributed by atoms with van der Waals surface area (Å²) < 4.78 is 25.8. The van der Waals surface area contributed by atoms with E-state index in [2.05, 4.69) is 198 Å². The standard InChI is InChI=1S/C86H114O4/c1-5-7-9-23-29-39-69(3)71-45-49-73(50-46-71)75-53-59-79(60-54-75)87-65-35-25-19-15-11-13-17-21-27-37-67-89-83-63-57-77-41-31-33-43-81(77)85(83)86-82-44-34-32-42-78(82)58-64-84(86)90-68-38-28-22-18-14-12-16-20-26-36-66-88-80-61-55-76(56-62-80)74-51-47-72(48-52-74)70(4)40-30-24-10-8-6-2/h31-34,41-64,69-70H,5-30,35-40,65-68H2,1-4H3/t69-,70-/m0/s1. The largest absolute Gasteiger partial charge is 0.494 e. The summed E-state index contributed by atoms with van der Waals surface area (Å²) in [5.74, 6) is 5.09. The Morgan fingerprint density at radius 1 is 0.256 bits per heavy atom. The molecule has 0 spiro atoms. The molecule has 482 valence electrons. The lowest BCUT2D eigenvalue weighted by Crippen LogP contribution is -2.02. The highest BCUT2D eigenvalue weighted by Crippen LogP contribution is 2.46. The molecular weight excluding hydrogens is 1100 g/mol. The summed E-state index contributed by atoms with van der Waals surface area (Å²) in [5, 5.41) is 4.85. The van der Waals surface area contributed by atoms with E-state index in [4.69, 9.17) is 18.9 Å². The summed E-state index contributed by atoms with van der Waals surface area (Å²) >= 11 is 0. The van der Waals surface area contributed by atoms with Gasteiger partial charge < -0.3 is 18.9 Å². The summed E-state index contributed by atoms with van der Waals surface area (Å²) in [5.41, 5.74) is 10.3. The molecule has 8 aromatic carbocycles. The highest BCUT2D eigenvalue weighted by molar-refractivity contribution is 6.09. The van der Waals surface area contributed by atoms with Crippen LogP contribution in [-0.4, -0.2) is 26.4 Å². The molecule has 0 bridgehead atoms. The molecule has 0 fully saturated rings. The van der Waals surface area contributed by atoms with Gasteiger partial charge in [0.1, 0.15) is 23.0 Å². The summed E-state index contributed by atoms with van der Waals surface area (Å²) in [4.78, 5) is 0. The number of benzene rings is 8. The van der Waals surface area contributed by atoms with Crippen molar-refractivity contribution in [2.45, 2.75) is 245 Å². The molecule has 0 saturated heterocycles. The molecule has 0 saturated carbocycles. The van der Waals surface area contributed by atoms with Crippen molar-refractivity contribution in [3.05, 3.63) is 181 Å². The molecule has 0 N–H and O–H groups in total. The van der Waals surface area contributed by atoms with Crippen LogP contribution >= 0.6 is 0 Å². The fourth-order valence-electron chi connectivity index (χ4n) is 13.2. The van der Waals surface area contributed by atoms with Gasteiger partial charge in [0.25, 0.3) is 0 Å². The van der Waals surface area contributed by atoms with E-state index in [9.17, 15) is 0 Å². The van der Waals surface area contributed by atoms with Gasteiger partial charge in [-0.1, -0.05) is 328 Å². The van der Waals surface area contributed by atoms with Crippen LogP contribution in [0.5, 0.6) is 23.0 Å². The molecule has 0 radical (unpaired) electrons. The number of fused-ring (bicyclic) bond motifs is 2. The second-order valence-corrected chi connectivity index (χ2v) is 26.3. The Balaban J connectivity index is 0.663. The Morgan fingerprint density at radius 3 is 0.867 bits per heavy atom. The van der Waals surface area contributed by atoms with E-state index in [1.54, 1.807) is 0 Å². The first-order valence-corrected chi connectivity index (χ1v) is 36.4. The van der Waals surface area contributed by atoms with Crippen molar-refractivity contribution in [2.24, 2.45) is 0 Å². The molecule has 4 heteroatoms. The smallest absolute Gasteiger partial charge is 0.127 e. The second kappa shape index (κ2) is 41.1. The minimum absolute atomic E-state index is 0.623. The highest BCUT2D eigenvalue weighted by Gasteiger charge is 2.20. The van der Waals surface area contributed by atoms with Crippen LogP contribution in [0, 0.1) is 0 Å². The van der Waals surface area contributed by atoms with Crippen LogP contribution in [0.15, 0.2) is 170 Å². The molecule has 8 aromatic rings. The number of ether oxygens (including phenoxy) is 4. The Labute approximate surface area is 546 Å². The van der Waals surface area contributed by atoms with Crippen LogP contribution in [0.3, 0.4) is 0 Å². The summed E-state index contributed by atoms with van der Waals surface area (Å²) in [6, 6.07) is 62.1. The van der Waals surface area contributed by atoms with Gasteiger partial charge in [-0.25, -0.2) is 0 Å². The average molecular weight is 1210 g/mol. The zero-order valence-corrected chi connectivity index (χ0v) is 56.4. The Bertz CT molecular complexity index is 2960. The molecule has 0 aliphatic carbocycles. The first kappa shape index (κ1) is 69.4. The van der Waals surface area contributed by atoms with Crippen molar-refractivity contribution in [1.29, 1.82) is 0 Å². The van der Waals surface area contributed by atoms with Gasteiger partial charge in [-0.3, -0.25) is 0 Å². The number of hydrogen-bond donors (Lipinski definition) is 0. The quantitative estimate of drug-likeness (QED) is 0.0356. The molecule has 0 aliphatic heterocycles. The van der Waals surface area contributed by atoms with E-state index < -0.39 is 0 Å². The highest BCUT2D eigenvalue weighted by atomic mass is 16.5. The molecule has 4 nitrogen and oxygen atoms in total. The number of rotatable bonds is 47. The van der Waals surface area contributed by atoms with Gasteiger partial charge in [0, 0.05) is 11.1 Å². The number of hydrogen-bond acceptors (Lipinski definition) is 4. The van der Waals surface area contributed by atoms with E-state index in [0.717, 1.165) is 73.0 Å². The normalized spacial score (nSPS) is 12.2. The van der Waals surface area contributed by atoms with Crippen molar-refractivity contribution in [1.82, 2.24) is 0 Å². The third-order valence-electron chi connectivity index (χ3n) is 19.0. The monoisotopic (exact) mass is 1210 g/mol. The zero-order chi connectivity index (χ0) is 62.5. The minimum atomic E-state index is 0.623. The molecule has 0 amide bonds. The maximum absolute atomic E-state index is 6.77. The van der Waals surface area contributed by atoms with Gasteiger partial charge in [0.2, 0.25) is 0 Å². The molecule has 0 heterocycles. The van der Waals surface area contributed by atoms with E-state index >= 15 is 0 Å². The second-order valence-electron chi connectivity index (χ2n) is 26.3. The summed E-state index contributed by atoms with van der Waals surface area (Å²) in [6.07, 6.45) is 40.8. The van der Waals surface area contributed by atoms with Crippen LogP contribution in [0.25, 0.3) is 54.9 Å². The van der Waals surface area contributed by atoms with Crippen molar-refractivity contribution in [3.8, 4) is 56.4 Å². The van der Waals surface area contributed by atoms with Crippen LogP contribution in [0.1, 0.15) is 256 Å². The topological polar surface area (TPSA) is 36.9 Å². The summed E-state index contributed by atoms with van der Waals surface area (Å²) in [7, 11) is 0. The van der Waals surface area contributed by atoms with Crippen molar-refractivity contribution < 1.29 is 18.9 Å². The molecule has 90 heavy (non-hydrogen) atoms. The maximum Gasteiger partial charge on any atom is 0.127 e. The fourth-order valence-corrected chi connectivity index (χ4v) is 13.2. The molecule has 2 atom stereocenters. The first-order chi connectivity index (χ1) is 44.5. The van der Waals surface area contributed by atoms with Crippen LogP contribution < -0.4 is 18.9 Å². The lowest BCUT2D eigenvalue weighted by atomic mass is 9.92. The minimum Gasteiger partial charge on any atom is -0.494 e. The van der Waals surface area contributed by atoms with Crippen molar-refractivity contribution >= 4 is 21.5 Å². The van der Waals surface area contributed by atoms with E-state index in [0.29, 0.717) is 25.0 Å². The molecule has 0 aliphatic rings. The Hall–Kier alpha value is -6.52. The van der Waals surface area contributed by atoms with E-state index in [1.807, 2.05) is 0 Å². The van der Waals surface area contributed by atoms with Gasteiger partial charge in [0.15, 0.2) is 0 Å². The molecule has 0 aromatic heterocycles. The lowest BCUT2D eigenvalue weighted by Gasteiger charge is -2.20. The van der Waals surface area contributed by atoms with Crippen LogP contribution in [-0.2, 0) is 0 Å². The van der Waals surface area contributed by atoms with Gasteiger partial charge in [-0.15, -0.1) is 0 Å². The summed E-state index contributed by atoms with van der Waals surface area (Å²) in [6.45, 7) is 12.3.